The van der Waals surface area contributed by atoms with Gasteiger partial charge < -0.3 is 62.9 Å². The fraction of sp³-hybridized carbons (Fsp3) is 0.755. The van der Waals surface area contributed by atoms with E-state index in [1.807, 2.05) is 39.0 Å². The first kappa shape index (κ1) is 49.1. The average molecular weight is 900 g/mol. The Morgan fingerprint density at radius 3 is 2.38 bits per heavy atom. The zero-order chi connectivity index (χ0) is 46.1. The number of rotatable bonds is 10. The molecule has 0 saturated carbocycles. The number of aliphatic hydroxyl groups is 2. The summed E-state index contributed by atoms with van der Waals surface area (Å²) in [5.41, 5.74) is 0.117. The summed E-state index contributed by atoms with van der Waals surface area (Å²) in [6, 6.07) is -0.310. The smallest absolute Gasteiger partial charge is 0.316 e. The van der Waals surface area contributed by atoms with Gasteiger partial charge in [-0.3, -0.25) is 9.59 Å². The molecule has 64 heavy (non-hydrogen) atoms. The Kier molecular flexibility index (Phi) is 15.8. The number of methoxy groups -OCH3 is 2. The van der Waals surface area contributed by atoms with E-state index in [2.05, 4.69) is 45.2 Å². The quantitative estimate of drug-likeness (QED) is 0.149. The molecule has 15 heteroatoms. The van der Waals surface area contributed by atoms with Gasteiger partial charge in [0, 0.05) is 51.7 Å². The maximum absolute atomic E-state index is 14.4. The number of carbonyl (C=O) groups is 2. The van der Waals surface area contributed by atoms with Crippen LogP contribution in [-0.2, 0) is 57.0 Å². The van der Waals surface area contributed by atoms with E-state index in [0.29, 0.717) is 43.2 Å². The second-order valence-electron chi connectivity index (χ2n) is 19.3. The van der Waals surface area contributed by atoms with Gasteiger partial charge in [-0.15, -0.1) is 0 Å². The lowest BCUT2D eigenvalue weighted by Gasteiger charge is -2.48. The van der Waals surface area contributed by atoms with Crippen molar-refractivity contribution >= 4 is 12.4 Å². The topological polar surface area (TPSA) is 179 Å². The van der Waals surface area contributed by atoms with Gasteiger partial charge in [0.15, 0.2) is 18.4 Å². The maximum atomic E-state index is 14.4. The molecule has 6 heterocycles. The van der Waals surface area contributed by atoms with Gasteiger partial charge in [0.2, 0.25) is 6.41 Å². The number of amides is 1. The molecule has 7 rings (SSSR count). The summed E-state index contributed by atoms with van der Waals surface area (Å²) in [6.07, 6.45) is 10.1. The van der Waals surface area contributed by atoms with Gasteiger partial charge in [0.1, 0.15) is 35.9 Å². The van der Waals surface area contributed by atoms with E-state index < -0.39 is 84.7 Å². The van der Waals surface area contributed by atoms with Gasteiger partial charge in [0.25, 0.3) is 0 Å². The lowest BCUT2D eigenvalue weighted by Crippen LogP contribution is -2.58. The van der Waals surface area contributed by atoms with Crippen molar-refractivity contribution in [3.8, 4) is 0 Å². The number of esters is 1. The zero-order valence-corrected chi connectivity index (χ0v) is 39.3. The number of hydrogen-bond acceptors (Lipinski definition) is 14. The molecule has 0 aromatic heterocycles. The molecule has 3 N–H and O–H groups in total. The van der Waals surface area contributed by atoms with Crippen LogP contribution in [0.5, 0.6) is 0 Å². The fourth-order valence-electron chi connectivity index (χ4n) is 10.9. The zero-order valence-electron chi connectivity index (χ0n) is 39.3. The van der Waals surface area contributed by atoms with Gasteiger partial charge in [-0.25, -0.2) is 0 Å². The molecular formula is C49H73NO14. The van der Waals surface area contributed by atoms with E-state index in [9.17, 15) is 19.8 Å². The van der Waals surface area contributed by atoms with Crippen LogP contribution in [0.25, 0.3) is 0 Å². The summed E-state index contributed by atoms with van der Waals surface area (Å²) in [6.45, 7) is 16.2. The largest absolute Gasteiger partial charge is 0.462 e. The molecule has 4 saturated heterocycles. The highest BCUT2D eigenvalue weighted by Crippen LogP contribution is 2.47. The van der Waals surface area contributed by atoms with Crippen LogP contribution >= 0.6 is 0 Å². The first-order chi connectivity index (χ1) is 30.5. The molecular weight excluding hydrogens is 827 g/mol. The summed E-state index contributed by atoms with van der Waals surface area (Å²) in [7, 11) is 3.26. The lowest BCUT2D eigenvalue weighted by molar-refractivity contribution is -0.311. The molecule has 0 aromatic carbocycles. The minimum Gasteiger partial charge on any atom is -0.462 e. The fourth-order valence-corrected chi connectivity index (χ4v) is 10.9. The van der Waals surface area contributed by atoms with E-state index in [1.54, 1.807) is 33.3 Å². The van der Waals surface area contributed by atoms with Gasteiger partial charge in [-0.1, -0.05) is 70.6 Å². The molecule has 15 nitrogen and oxygen atoms in total. The van der Waals surface area contributed by atoms with Crippen molar-refractivity contribution in [1.29, 1.82) is 0 Å². The molecule has 20 atom stereocenters. The number of allylic oxidation sites excluding steroid dienone is 2. The molecule has 1 unspecified atom stereocenters. The number of nitrogens with one attached hydrogen (secondary N) is 1. The van der Waals surface area contributed by atoms with E-state index in [0.717, 1.165) is 12.0 Å². The Bertz CT molecular complexity index is 1800. The van der Waals surface area contributed by atoms with Crippen LogP contribution in [0.15, 0.2) is 59.3 Å². The molecule has 4 fully saturated rings. The second kappa shape index (κ2) is 20.6. The summed E-state index contributed by atoms with van der Waals surface area (Å²) >= 11 is 0. The number of carbonyl (C=O) groups excluding carboxylic acids is 2. The van der Waals surface area contributed by atoms with Crippen LogP contribution in [0, 0.1) is 23.7 Å². The van der Waals surface area contributed by atoms with Crippen LogP contribution in [0.1, 0.15) is 93.9 Å². The third kappa shape index (κ3) is 10.1. The summed E-state index contributed by atoms with van der Waals surface area (Å²) in [4.78, 5) is 25.6. The van der Waals surface area contributed by atoms with Gasteiger partial charge in [0.05, 0.1) is 55.4 Å². The number of hydrogen-bond donors (Lipinski definition) is 3. The van der Waals surface area contributed by atoms with Crippen molar-refractivity contribution in [2.75, 3.05) is 20.8 Å². The first-order valence-electron chi connectivity index (χ1n) is 23.4. The summed E-state index contributed by atoms with van der Waals surface area (Å²) in [5.74, 6) is -2.59. The van der Waals surface area contributed by atoms with Crippen LogP contribution < -0.4 is 5.32 Å². The molecule has 358 valence electrons. The SMILES string of the molecule is CCC(C)[C@H]1O[C@]2(C=C[C@@H]1C)C[C@@H]1C[C@@H](C/C=C(\C)[C@@H](O[C@H]3C[C@H](OC)[C@@H](O[C@H]4C[C@H](OC)[C@H](NC=O)[C@H](C)O4)[C@H](C)O3)[C@@H](C)/C=C/C=C3\CO[C@@H]4[C@H](O)C(C)=C[C@@H](C(=O)O1)[C@]34O)O2. The second-order valence-corrected chi connectivity index (χ2v) is 19.3. The van der Waals surface area contributed by atoms with E-state index in [-0.39, 0.29) is 55.1 Å². The van der Waals surface area contributed by atoms with Crippen molar-refractivity contribution in [1.82, 2.24) is 5.32 Å². The highest BCUT2D eigenvalue weighted by atomic mass is 16.7. The summed E-state index contributed by atoms with van der Waals surface area (Å²) < 4.78 is 64.2. The molecule has 2 bridgehead atoms. The minimum absolute atomic E-state index is 0.0274. The third-order valence-electron chi connectivity index (χ3n) is 14.8. The monoisotopic (exact) mass is 900 g/mol. The standard InChI is InChI=1S/C49H73NO14/c1-11-26(2)44-29(5)17-18-48(64-44)23-35-20-34(63-48)16-15-28(4)43(27(3)13-12-14-33-24-57-46-42(52)30(6)19-36(47(53)60-35)49(33,46)54)61-40-22-38(56-10)45(32(8)59-40)62-39-21-37(55-9)41(50-25-51)31(7)58-39/h12-15,17-19,25-27,29,31-32,34-46,52,54H,11,16,20-24H2,1-10H3,(H,50,51)/b13-12+,28-15+,33-14+/t26?,27-,29-,31-,32-,34+,35-,36-,37-,38-,39-,40-,41+,42+,43-,44+,45-,46+,48+,49+/m0/s1. The van der Waals surface area contributed by atoms with Crippen molar-refractivity contribution in [3.63, 3.8) is 0 Å². The maximum Gasteiger partial charge on any atom is 0.316 e. The number of ether oxygens (including phenoxy) is 10. The average Bonchev–Trinajstić information content (AvgIpc) is 3.61. The Morgan fingerprint density at radius 2 is 1.66 bits per heavy atom. The van der Waals surface area contributed by atoms with Gasteiger partial charge in [-0.05, 0) is 62.8 Å². The highest BCUT2D eigenvalue weighted by molar-refractivity contribution is 5.78. The molecule has 0 radical (unpaired) electrons. The lowest BCUT2D eigenvalue weighted by atomic mass is 9.71. The minimum atomic E-state index is -1.84. The van der Waals surface area contributed by atoms with Crippen molar-refractivity contribution in [3.05, 3.63) is 59.3 Å². The molecule has 1 amide bonds. The number of aliphatic hydroxyl groups excluding tert-OH is 1. The van der Waals surface area contributed by atoms with Gasteiger partial charge in [-0.2, -0.15) is 0 Å². The first-order valence-corrected chi connectivity index (χ1v) is 23.4. The summed E-state index contributed by atoms with van der Waals surface area (Å²) in [5, 5.41) is 26.6. The van der Waals surface area contributed by atoms with Crippen molar-refractivity contribution in [2.45, 2.75) is 191 Å². The Morgan fingerprint density at radius 1 is 0.938 bits per heavy atom. The van der Waals surface area contributed by atoms with E-state index in [1.165, 1.54) is 0 Å². The Balaban J connectivity index is 1.17. The van der Waals surface area contributed by atoms with Crippen LogP contribution in [-0.4, -0.2) is 141 Å². The molecule has 1 spiro atoms. The number of fused-ring (bicyclic) bond motifs is 2. The Labute approximate surface area is 378 Å². The van der Waals surface area contributed by atoms with E-state index >= 15 is 0 Å². The molecule has 6 aliphatic heterocycles. The predicted molar refractivity (Wildman–Crippen MR) is 234 cm³/mol. The van der Waals surface area contributed by atoms with Crippen molar-refractivity contribution in [2.24, 2.45) is 23.7 Å². The van der Waals surface area contributed by atoms with Crippen LogP contribution in [0.4, 0.5) is 0 Å². The Hall–Kier alpha value is -2.80. The van der Waals surface area contributed by atoms with E-state index in [4.69, 9.17) is 47.4 Å². The molecule has 1 aliphatic carbocycles. The van der Waals surface area contributed by atoms with Crippen molar-refractivity contribution < 1.29 is 67.2 Å². The molecule has 7 aliphatic rings. The van der Waals surface area contributed by atoms with Crippen LogP contribution in [0.2, 0.25) is 0 Å². The van der Waals surface area contributed by atoms with Crippen LogP contribution in [0.3, 0.4) is 0 Å². The highest BCUT2D eigenvalue weighted by Gasteiger charge is 2.60. The predicted octanol–water partition coefficient (Wildman–Crippen LogP) is 5.13. The molecule has 0 aromatic rings. The normalized spacial score (nSPS) is 47.8. The third-order valence-corrected chi connectivity index (χ3v) is 14.8. The van der Waals surface area contributed by atoms with Gasteiger partial charge >= 0.3 is 5.97 Å².